The average molecular weight is 192 g/mol. The molecule has 0 aliphatic carbocycles. The van der Waals surface area contributed by atoms with Gasteiger partial charge in [-0.25, -0.2) is 0 Å². The van der Waals surface area contributed by atoms with Crippen LogP contribution in [-0.4, -0.2) is 6.29 Å². The molecule has 0 spiro atoms. The molecule has 0 unspecified atom stereocenters. The van der Waals surface area contributed by atoms with Gasteiger partial charge in [-0.05, 0) is 22.0 Å². The molecule has 0 radical (unpaired) electrons. The van der Waals surface area contributed by atoms with Gasteiger partial charge >= 0.3 is 0 Å². The minimum absolute atomic E-state index is 0.400. The van der Waals surface area contributed by atoms with Crippen LogP contribution in [0.4, 0.5) is 0 Å². The zero-order valence-electron chi connectivity index (χ0n) is 4.85. The maximum Gasteiger partial charge on any atom is 0.160 e. The van der Waals surface area contributed by atoms with Crippen molar-refractivity contribution in [1.82, 2.24) is 0 Å². The number of carbonyl (C=O) groups is 1. The summed E-state index contributed by atoms with van der Waals surface area (Å²) >= 11 is 4.29. The van der Waals surface area contributed by atoms with Gasteiger partial charge in [0.25, 0.3) is 0 Å². The summed E-state index contributed by atoms with van der Waals surface area (Å²) in [6.45, 7) is 0. The third kappa shape index (κ3) is 1.17. The number of rotatable bonds is 1. The predicted molar refractivity (Wildman–Crippen MR) is 37.4 cm³/mol. The molecule has 0 amide bonds. The van der Waals surface area contributed by atoms with Gasteiger partial charge in [0.1, 0.15) is 0 Å². The van der Waals surface area contributed by atoms with E-state index in [1.54, 1.807) is 6.07 Å². The highest BCUT2D eigenvalue weighted by molar-refractivity contribution is 9.10. The highest BCUT2D eigenvalue weighted by Gasteiger charge is 1.91. The van der Waals surface area contributed by atoms with Gasteiger partial charge in [0.2, 0.25) is 0 Å². The number of aldehydes is 1. The lowest BCUT2D eigenvalue weighted by Crippen LogP contribution is -1.62. The maximum absolute atomic E-state index is 10.1. The van der Waals surface area contributed by atoms with Crippen LogP contribution in [0.15, 0.2) is 15.9 Å². The Balaban J connectivity index is 3.11. The van der Waals surface area contributed by atoms with Crippen molar-refractivity contribution in [2.75, 3.05) is 0 Å². The van der Waals surface area contributed by atoms with Gasteiger partial charge in [0.15, 0.2) is 6.29 Å². The largest absolute Gasteiger partial charge is 0.297 e. The van der Waals surface area contributed by atoms with Crippen molar-refractivity contribution in [2.24, 2.45) is 0 Å². The van der Waals surface area contributed by atoms with E-state index in [0.29, 0.717) is 14.7 Å². The molecule has 8 heavy (non-hydrogen) atoms. The second kappa shape index (κ2) is 2.42. The first-order valence-electron chi connectivity index (χ1n) is 2.45. The molecule has 0 aliphatic rings. The Kier molecular flexibility index (Phi) is 1.42. The lowest BCUT2D eigenvalue weighted by molar-refractivity contribution is 0.112. The summed E-state index contributed by atoms with van der Waals surface area (Å²) in [5, 5.41) is 0.400. The van der Waals surface area contributed by atoms with Crippen molar-refractivity contribution in [3.05, 3.63) is 20.8 Å². The Morgan fingerprint density at radius 3 is 3.00 bits per heavy atom. The van der Waals surface area contributed by atoms with Crippen molar-refractivity contribution in [2.45, 2.75) is 0 Å². The van der Waals surface area contributed by atoms with Crippen LogP contribution in [0.2, 0.25) is 0 Å². The molecule has 42 valence electrons. The number of hydrogen-bond acceptors (Lipinski definition) is 2. The van der Waals surface area contributed by atoms with Crippen LogP contribution >= 0.6 is 27.3 Å². The summed E-state index contributed by atoms with van der Waals surface area (Å²) in [6, 6.07) is 1.64. The Bertz CT molecular complexity index is 213. The molecule has 3 heteroatoms. The SMILES string of the molecule is [2H]c1sc(C=O)cc1Br. The van der Waals surface area contributed by atoms with Crippen LogP contribution in [0.25, 0.3) is 0 Å². The zero-order chi connectivity index (χ0) is 6.85. The smallest absolute Gasteiger partial charge is 0.160 e. The fraction of sp³-hybridized carbons (Fsp3) is 0. The molecule has 1 aromatic rings. The van der Waals surface area contributed by atoms with Crippen LogP contribution in [0.5, 0.6) is 0 Å². The van der Waals surface area contributed by atoms with Gasteiger partial charge in [-0.15, -0.1) is 11.3 Å². The van der Waals surface area contributed by atoms with Crippen LogP contribution in [-0.2, 0) is 0 Å². The normalized spacial score (nSPS) is 10.9. The standard InChI is InChI=1S/C5H3BrOS/c6-4-1-5(2-7)8-3-4/h1-3H/i3D. The van der Waals surface area contributed by atoms with E-state index < -0.39 is 0 Å². The molecular weight excluding hydrogens is 188 g/mol. The van der Waals surface area contributed by atoms with E-state index >= 15 is 0 Å². The molecule has 0 saturated heterocycles. The van der Waals surface area contributed by atoms with E-state index in [1.807, 2.05) is 0 Å². The number of carbonyl (C=O) groups excluding carboxylic acids is 1. The van der Waals surface area contributed by atoms with Gasteiger partial charge in [0.05, 0.1) is 6.25 Å². The third-order valence-corrected chi connectivity index (χ3v) is 2.11. The topological polar surface area (TPSA) is 17.1 Å². The summed E-state index contributed by atoms with van der Waals surface area (Å²) in [5.74, 6) is 0. The lowest BCUT2D eigenvalue weighted by Gasteiger charge is -1.68. The Morgan fingerprint density at radius 2 is 2.75 bits per heavy atom. The predicted octanol–water partition coefficient (Wildman–Crippen LogP) is 2.32. The summed E-state index contributed by atoms with van der Waals surface area (Å²) in [5.41, 5.74) is 0. The molecule has 0 saturated carbocycles. The minimum Gasteiger partial charge on any atom is -0.297 e. The Hall–Kier alpha value is -0.150. The quantitative estimate of drug-likeness (QED) is 0.624. The second-order valence-corrected chi connectivity index (χ2v) is 2.95. The van der Waals surface area contributed by atoms with E-state index in [-0.39, 0.29) is 0 Å². The van der Waals surface area contributed by atoms with Gasteiger partial charge < -0.3 is 0 Å². The highest BCUT2D eigenvalue weighted by Crippen LogP contribution is 2.17. The Morgan fingerprint density at radius 1 is 2.00 bits per heavy atom. The highest BCUT2D eigenvalue weighted by atomic mass is 79.9. The van der Waals surface area contributed by atoms with E-state index in [4.69, 9.17) is 1.37 Å². The molecule has 0 aliphatic heterocycles. The first-order chi connectivity index (χ1) is 4.24. The van der Waals surface area contributed by atoms with Gasteiger partial charge in [0, 0.05) is 9.83 Å². The summed E-state index contributed by atoms with van der Waals surface area (Å²) in [7, 11) is 0. The lowest BCUT2D eigenvalue weighted by atomic mass is 10.5. The summed E-state index contributed by atoms with van der Waals surface area (Å²) in [6.07, 6.45) is 0.744. The number of hydrogen-bond donors (Lipinski definition) is 0. The monoisotopic (exact) mass is 191 g/mol. The first kappa shape index (κ1) is 4.70. The van der Waals surface area contributed by atoms with E-state index in [1.165, 1.54) is 11.3 Å². The third-order valence-electron chi connectivity index (χ3n) is 0.652. The molecular formula is C5H3BrOS. The zero-order valence-corrected chi connectivity index (χ0v) is 6.25. The molecule has 0 fully saturated rings. The van der Waals surface area contributed by atoms with Gasteiger partial charge in [-0.3, -0.25) is 4.79 Å². The Labute approximate surface area is 60.9 Å². The van der Waals surface area contributed by atoms with Gasteiger partial charge in [-0.1, -0.05) is 0 Å². The maximum atomic E-state index is 10.1. The fourth-order valence-electron chi connectivity index (χ4n) is 0.350. The molecule has 0 aromatic carbocycles. The van der Waals surface area contributed by atoms with Crippen LogP contribution in [0.3, 0.4) is 0 Å². The summed E-state index contributed by atoms with van der Waals surface area (Å²) < 4.78 is 7.85. The van der Waals surface area contributed by atoms with Crippen LogP contribution < -0.4 is 0 Å². The van der Waals surface area contributed by atoms with Crippen molar-refractivity contribution in [3.8, 4) is 0 Å². The van der Waals surface area contributed by atoms with E-state index in [2.05, 4.69) is 15.9 Å². The molecule has 1 heterocycles. The fourth-order valence-corrected chi connectivity index (χ4v) is 1.49. The first-order valence-corrected chi connectivity index (χ1v) is 3.56. The van der Waals surface area contributed by atoms with Crippen LogP contribution in [0.1, 0.15) is 11.0 Å². The molecule has 1 rings (SSSR count). The molecule has 1 nitrogen and oxygen atoms in total. The number of thiophene rings is 1. The summed E-state index contributed by atoms with van der Waals surface area (Å²) in [4.78, 5) is 10.7. The van der Waals surface area contributed by atoms with Crippen molar-refractivity contribution < 1.29 is 6.17 Å². The second-order valence-electron chi connectivity index (χ2n) is 1.22. The van der Waals surface area contributed by atoms with Crippen LogP contribution in [0, 0.1) is 0 Å². The van der Waals surface area contributed by atoms with E-state index in [9.17, 15) is 4.79 Å². The van der Waals surface area contributed by atoms with Gasteiger partial charge in [-0.2, -0.15) is 0 Å². The van der Waals surface area contributed by atoms with Crippen molar-refractivity contribution >= 4 is 33.6 Å². The average Bonchev–Trinajstić information content (AvgIpc) is 2.13. The molecule has 0 bridgehead atoms. The molecule has 1 aromatic heterocycles. The van der Waals surface area contributed by atoms with E-state index in [0.717, 1.165) is 6.29 Å². The minimum atomic E-state index is 0.400. The van der Waals surface area contributed by atoms with Crippen molar-refractivity contribution in [1.29, 1.82) is 0 Å². The molecule has 0 N–H and O–H groups in total. The molecule has 0 atom stereocenters. The van der Waals surface area contributed by atoms with Crippen molar-refractivity contribution in [3.63, 3.8) is 0 Å². The number of halogens is 1.